The molecule has 2 aromatic rings. The van der Waals surface area contributed by atoms with Gasteiger partial charge in [-0.3, -0.25) is 14.3 Å². The number of imidazole rings is 1. The number of hydrogen-bond donors (Lipinski definition) is 1. The number of rotatable bonds is 6. The van der Waals surface area contributed by atoms with E-state index in [1.54, 1.807) is 11.6 Å². The molecule has 30 heavy (non-hydrogen) atoms. The van der Waals surface area contributed by atoms with Crippen LogP contribution in [0, 0.1) is 10.1 Å². The first-order valence-corrected chi connectivity index (χ1v) is 11.3. The second kappa shape index (κ2) is 8.58. The van der Waals surface area contributed by atoms with E-state index in [0.29, 0.717) is 32.0 Å². The average Bonchev–Trinajstić information content (AvgIpc) is 3.05. The molecule has 0 unspecified atom stereocenters. The molecule has 2 heterocycles. The average molecular weight is 457 g/mol. The predicted octanol–water partition coefficient (Wildman–Crippen LogP) is 1.15. The maximum atomic E-state index is 12.4. The van der Waals surface area contributed by atoms with Crippen molar-refractivity contribution >= 4 is 44.7 Å². The first-order chi connectivity index (χ1) is 14.1. The van der Waals surface area contributed by atoms with Gasteiger partial charge in [0.2, 0.25) is 18.1 Å². The number of nitrogens with zero attached hydrogens (tertiary/aromatic N) is 5. The third kappa shape index (κ3) is 4.89. The third-order valence-electron chi connectivity index (χ3n) is 4.74. The Balaban J connectivity index is 1.60. The Morgan fingerprint density at radius 3 is 2.57 bits per heavy atom. The second-order valence-electron chi connectivity index (χ2n) is 6.98. The van der Waals surface area contributed by atoms with Crippen molar-refractivity contribution in [1.82, 2.24) is 14.5 Å². The van der Waals surface area contributed by atoms with Crippen molar-refractivity contribution in [1.29, 1.82) is 0 Å². The summed E-state index contributed by atoms with van der Waals surface area (Å²) >= 11 is 6.07. The number of hydrogen-bond acceptors (Lipinski definition) is 8. The Morgan fingerprint density at radius 2 is 1.97 bits per heavy atom. The van der Waals surface area contributed by atoms with Crippen molar-refractivity contribution in [2.24, 2.45) is 7.05 Å². The number of carbonyl (C=O) groups is 1. The minimum absolute atomic E-state index is 0.0635. The zero-order chi connectivity index (χ0) is 22.1. The molecule has 1 aromatic heterocycles. The fraction of sp³-hybridized carbons (Fsp3) is 0.412. The van der Waals surface area contributed by atoms with E-state index in [1.807, 2.05) is 9.80 Å². The molecule has 1 aliphatic heterocycles. The minimum Gasteiger partial charge on any atom is -0.358 e. The van der Waals surface area contributed by atoms with Gasteiger partial charge in [0, 0.05) is 39.5 Å². The van der Waals surface area contributed by atoms with Crippen LogP contribution in [-0.2, 0) is 21.7 Å². The van der Waals surface area contributed by atoms with Crippen LogP contribution in [-0.4, -0.2) is 72.7 Å². The number of carbonyl (C=O) groups excluding carboxylic acids is 1. The highest BCUT2D eigenvalue weighted by atomic mass is 35.5. The van der Waals surface area contributed by atoms with Gasteiger partial charge in [-0.25, -0.2) is 8.42 Å². The molecule has 11 nitrogen and oxygen atoms in total. The number of benzene rings is 1. The van der Waals surface area contributed by atoms with Crippen LogP contribution in [0.3, 0.4) is 0 Å². The normalized spacial score (nSPS) is 15.2. The molecule has 0 atom stereocenters. The van der Waals surface area contributed by atoms with Gasteiger partial charge >= 0.3 is 5.82 Å². The van der Waals surface area contributed by atoms with Gasteiger partial charge in [0.05, 0.1) is 22.2 Å². The molecule has 1 aliphatic rings. The zero-order valence-electron chi connectivity index (χ0n) is 16.4. The number of nitro groups is 1. The monoisotopic (exact) mass is 456 g/mol. The van der Waals surface area contributed by atoms with E-state index in [0.717, 1.165) is 6.26 Å². The smallest absolute Gasteiger partial charge is 0.358 e. The van der Waals surface area contributed by atoms with Crippen molar-refractivity contribution in [2.75, 3.05) is 49.2 Å². The molecule has 1 saturated heterocycles. The van der Waals surface area contributed by atoms with Gasteiger partial charge in [0.1, 0.15) is 0 Å². The number of nitrogens with one attached hydrogen (secondary N) is 1. The molecule has 0 aliphatic carbocycles. The van der Waals surface area contributed by atoms with E-state index in [1.165, 1.54) is 24.5 Å². The molecular weight excluding hydrogens is 436 g/mol. The summed E-state index contributed by atoms with van der Waals surface area (Å²) in [5, 5.41) is 14.1. The molecular formula is C17H21ClN6O5S. The van der Waals surface area contributed by atoms with E-state index >= 15 is 0 Å². The van der Waals surface area contributed by atoms with Gasteiger partial charge in [-0.2, -0.15) is 0 Å². The summed E-state index contributed by atoms with van der Waals surface area (Å²) in [6.45, 7) is 2.12. The first-order valence-electron chi connectivity index (χ1n) is 8.98. The van der Waals surface area contributed by atoms with Crippen LogP contribution in [0.5, 0.6) is 0 Å². The summed E-state index contributed by atoms with van der Waals surface area (Å²) in [5.41, 5.74) is 0.230. The lowest BCUT2D eigenvalue weighted by atomic mass is 10.3. The summed E-state index contributed by atoms with van der Waals surface area (Å²) in [4.78, 5) is 30.7. The van der Waals surface area contributed by atoms with E-state index in [9.17, 15) is 23.3 Å². The van der Waals surface area contributed by atoms with Gasteiger partial charge in [-0.05, 0) is 28.1 Å². The van der Waals surface area contributed by atoms with Gasteiger partial charge in [-0.1, -0.05) is 11.6 Å². The summed E-state index contributed by atoms with van der Waals surface area (Å²) < 4.78 is 25.0. The summed E-state index contributed by atoms with van der Waals surface area (Å²) in [7, 11) is -1.73. The number of anilines is 2. The molecule has 0 radical (unpaired) electrons. The summed E-state index contributed by atoms with van der Waals surface area (Å²) in [5.74, 6) is -0.0833. The van der Waals surface area contributed by atoms with E-state index in [-0.39, 0.29) is 33.9 Å². The molecule has 13 heteroatoms. The van der Waals surface area contributed by atoms with E-state index in [4.69, 9.17) is 11.6 Å². The van der Waals surface area contributed by atoms with Crippen LogP contribution < -0.4 is 10.2 Å². The van der Waals surface area contributed by atoms with Crippen molar-refractivity contribution in [3.63, 3.8) is 0 Å². The van der Waals surface area contributed by atoms with Gasteiger partial charge in [0.15, 0.2) is 9.84 Å². The van der Waals surface area contributed by atoms with Crippen molar-refractivity contribution in [2.45, 2.75) is 4.90 Å². The number of aryl methyl sites for hydroxylation is 1. The number of amides is 1. The van der Waals surface area contributed by atoms with Crippen LogP contribution in [0.2, 0.25) is 5.02 Å². The lowest BCUT2D eigenvalue weighted by Crippen LogP contribution is -2.49. The van der Waals surface area contributed by atoms with Crippen LogP contribution in [0.4, 0.5) is 17.3 Å². The standard InChI is InChI=1S/C17H21ClN6O5S/c1-21-11-19-16(24(26)27)17(21)23-7-5-22(6-8-23)10-15(25)20-14-9-12(30(2,28)29)3-4-13(14)18/h3-4,9,11H,5-8,10H2,1-2H3,(H,20,25). The molecule has 3 rings (SSSR count). The SMILES string of the molecule is Cn1cnc([N+](=O)[O-])c1N1CCN(CC(=O)Nc2cc(S(C)(=O)=O)ccc2Cl)CC1. The first kappa shape index (κ1) is 22.0. The Morgan fingerprint density at radius 1 is 1.30 bits per heavy atom. The summed E-state index contributed by atoms with van der Waals surface area (Å²) in [6, 6.07) is 4.13. The molecule has 1 N–H and O–H groups in total. The highest BCUT2D eigenvalue weighted by Gasteiger charge is 2.28. The van der Waals surface area contributed by atoms with Gasteiger partial charge in [-0.15, -0.1) is 0 Å². The Hall–Kier alpha value is -2.70. The van der Waals surface area contributed by atoms with Crippen LogP contribution in [0.25, 0.3) is 0 Å². The van der Waals surface area contributed by atoms with Gasteiger partial charge < -0.3 is 20.3 Å². The summed E-state index contributed by atoms with van der Waals surface area (Å²) in [6.07, 6.45) is 2.48. The van der Waals surface area contributed by atoms with Crippen LogP contribution in [0.1, 0.15) is 0 Å². The van der Waals surface area contributed by atoms with E-state index < -0.39 is 14.8 Å². The van der Waals surface area contributed by atoms with Crippen LogP contribution in [0.15, 0.2) is 29.4 Å². The van der Waals surface area contributed by atoms with E-state index in [2.05, 4.69) is 10.3 Å². The van der Waals surface area contributed by atoms with Crippen LogP contribution >= 0.6 is 11.6 Å². The van der Waals surface area contributed by atoms with Crippen molar-refractivity contribution < 1.29 is 18.1 Å². The predicted molar refractivity (Wildman–Crippen MR) is 112 cm³/mol. The van der Waals surface area contributed by atoms with Crippen molar-refractivity contribution in [3.8, 4) is 0 Å². The number of aromatic nitrogens is 2. The molecule has 0 spiro atoms. The largest absolute Gasteiger partial charge is 0.406 e. The molecule has 1 aromatic carbocycles. The highest BCUT2D eigenvalue weighted by molar-refractivity contribution is 7.90. The quantitative estimate of drug-likeness (QED) is 0.505. The Labute approximate surface area is 178 Å². The van der Waals surface area contributed by atoms with Crippen molar-refractivity contribution in [3.05, 3.63) is 39.7 Å². The molecule has 0 saturated carbocycles. The zero-order valence-corrected chi connectivity index (χ0v) is 18.0. The molecule has 1 fully saturated rings. The van der Waals surface area contributed by atoms with Gasteiger partial charge in [0.25, 0.3) is 0 Å². The lowest BCUT2D eigenvalue weighted by Gasteiger charge is -2.34. The lowest BCUT2D eigenvalue weighted by molar-refractivity contribution is -0.388. The minimum atomic E-state index is -3.43. The number of sulfone groups is 1. The fourth-order valence-electron chi connectivity index (χ4n) is 3.25. The second-order valence-corrected chi connectivity index (χ2v) is 9.41. The number of piperazine rings is 1. The fourth-order valence-corrected chi connectivity index (χ4v) is 4.06. The Kier molecular flexibility index (Phi) is 6.29. The highest BCUT2D eigenvalue weighted by Crippen LogP contribution is 2.27. The molecule has 0 bridgehead atoms. The molecule has 1 amide bonds. The Bertz CT molecular complexity index is 1080. The number of halogens is 1. The maximum absolute atomic E-state index is 12.4. The molecule has 162 valence electrons. The third-order valence-corrected chi connectivity index (χ3v) is 6.18. The maximum Gasteiger partial charge on any atom is 0.406 e. The topological polar surface area (TPSA) is 131 Å².